The van der Waals surface area contributed by atoms with Crippen LogP contribution >= 0.6 is 7.75 Å². The summed E-state index contributed by atoms with van der Waals surface area (Å²) in [6.07, 6.45) is 7.01. The van der Waals surface area contributed by atoms with Gasteiger partial charge in [0.05, 0.1) is 20.3 Å². The largest absolute Gasteiger partial charge is 0.468 e. The lowest BCUT2D eigenvalue weighted by atomic mass is 10.3. The van der Waals surface area contributed by atoms with Crippen LogP contribution in [0.25, 0.3) is 0 Å². The van der Waals surface area contributed by atoms with Crippen molar-refractivity contribution in [1.29, 1.82) is 0 Å². The van der Waals surface area contributed by atoms with E-state index in [1.54, 1.807) is 68.5 Å². The van der Waals surface area contributed by atoms with Crippen molar-refractivity contribution < 1.29 is 37.7 Å². The predicted molar refractivity (Wildman–Crippen MR) is 171 cm³/mol. The number of aryl methyl sites for hydroxylation is 2. The van der Waals surface area contributed by atoms with Crippen molar-refractivity contribution in [3.63, 3.8) is 0 Å². The van der Waals surface area contributed by atoms with Crippen LogP contribution in [0.15, 0.2) is 86.2 Å². The summed E-state index contributed by atoms with van der Waals surface area (Å²) in [7, 11) is -2.80. The number of hydrogen-bond acceptors (Lipinski definition) is 12. The molecule has 2 aliphatic rings. The van der Waals surface area contributed by atoms with E-state index in [0.29, 0.717) is 11.1 Å². The number of H-pyrrole nitrogens is 2. The number of aliphatic hydroxyl groups excluding tert-OH is 1. The summed E-state index contributed by atoms with van der Waals surface area (Å²) in [6, 6.07) is 7.37. The van der Waals surface area contributed by atoms with E-state index < -0.39 is 66.9 Å². The molecule has 258 valence electrons. The molecule has 0 amide bonds. The lowest BCUT2D eigenvalue weighted by Gasteiger charge is -2.24. The fourth-order valence-electron chi connectivity index (χ4n) is 4.39. The van der Waals surface area contributed by atoms with Crippen molar-refractivity contribution in [3.8, 4) is 5.75 Å². The summed E-state index contributed by atoms with van der Waals surface area (Å²) in [5, 5.41) is 11.4. The van der Waals surface area contributed by atoms with Crippen LogP contribution in [0.1, 0.15) is 30.5 Å². The first-order valence-electron chi connectivity index (χ1n) is 14.6. The lowest BCUT2D eigenvalue weighted by molar-refractivity contribution is -0.142. The summed E-state index contributed by atoms with van der Waals surface area (Å²) in [6.45, 7) is 4.30. The Morgan fingerprint density at radius 2 is 1.44 bits per heavy atom. The minimum Gasteiger partial charge on any atom is -0.468 e. The molecule has 48 heavy (non-hydrogen) atoms. The SMILES string of the molecule is COC(=O)C(C)NP(=O)(OCC1C=CC(n2cc(C)c(=O)[nH]c2=O)O1)Oc1ccccc1.Cc1cn(C2C=CC(CO)O2)c(=O)[nH]c1=O. The Morgan fingerprint density at radius 3 is 1.94 bits per heavy atom. The third-order valence-corrected chi connectivity index (χ3v) is 8.56. The molecule has 17 nitrogen and oxygen atoms in total. The predicted octanol–water partition coefficient (Wildman–Crippen LogP) is 0.944. The van der Waals surface area contributed by atoms with Gasteiger partial charge in [-0.2, -0.15) is 5.09 Å². The molecule has 2 aliphatic heterocycles. The summed E-state index contributed by atoms with van der Waals surface area (Å²) < 4.78 is 42.6. The van der Waals surface area contributed by atoms with Gasteiger partial charge in [0.25, 0.3) is 11.1 Å². The van der Waals surface area contributed by atoms with Gasteiger partial charge >= 0.3 is 25.1 Å². The Bertz CT molecular complexity index is 1930. The number of aromatic amines is 2. The summed E-state index contributed by atoms with van der Waals surface area (Å²) >= 11 is 0. The average Bonchev–Trinajstić information content (AvgIpc) is 3.74. The zero-order valence-electron chi connectivity index (χ0n) is 26.4. The van der Waals surface area contributed by atoms with Crippen LogP contribution in [-0.2, 0) is 28.1 Å². The summed E-state index contributed by atoms with van der Waals surface area (Å²) in [5.74, 6) is -0.369. The molecule has 0 bridgehead atoms. The minimum atomic E-state index is -4.01. The van der Waals surface area contributed by atoms with Crippen LogP contribution < -0.4 is 32.1 Å². The Kier molecular flexibility index (Phi) is 12.0. The van der Waals surface area contributed by atoms with E-state index in [9.17, 15) is 28.5 Å². The molecule has 6 atom stereocenters. The normalized spacial score (nSPS) is 21.6. The highest BCUT2D eigenvalue weighted by Crippen LogP contribution is 2.45. The van der Waals surface area contributed by atoms with E-state index in [1.165, 1.54) is 35.6 Å². The maximum atomic E-state index is 13.3. The molecule has 0 saturated carbocycles. The highest BCUT2D eigenvalue weighted by Gasteiger charge is 2.34. The topological polar surface area (TPSA) is 222 Å². The number of nitrogens with zero attached hydrogens (tertiary/aromatic N) is 2. The fraction of sp³-hybridized carbons (Fsp3) is 0.367. The first-order chi connectivity index (χ1) is 22.8. The molecule has 2 aromatic heterocycles. The maximum absolute atomic E-state index is 13.3. The van der Waals surface area contributed by atoms with Crippen molar-refractivity contribution >= 4 is 13.7 Å². The maximum Gasteiger partial charge on any atom is 0.459 e. The van der Waals surface area contributed by atoms with Crippen molar-refractivity contribution in [3.05, 3.63) is 120 Å². The number of hydrogen-bond donors (Lipinski definition) is 4. The first-order valence-corrected chi connectivity index (χ1v) is 16.1. The fourth-order valence-corrected chi connectivity index (χ4v) is 5.89. The Labute approximate surface area is 273 Å². The van der Waals surface area contributed by atoms with Crippen LogP contribution in [-0.4, -0.2) is 68.8 Å². The van der Waals surface area contributed by atoms with Gasteiger partial charge in [0, 0.05) is 23.5 Å². The van der Waals surface area contributed by atoms with Gasteiger partial charge in [-0.3, -0.25) is 38.0 Å². The molecule has 5 rings (SSSR count). The van der Waals surface area contributed by atoms with Gasteiger partial charge in [-0.1, -0.05) is 30.4 Å². The number of para-hydroxylation sites is 1. The smallest absolute Gasteiger partial charge is 0.459 e. The van der Waals surface area contributed by atoms with Gasteiger partial charge in [-0.15, -0.1) is 0 Å². The van der Waals surface area contributed by atoms with E-state index in [1.807, 2.05) is 0 Å². The first kappa shape index (κ1) is 36.2. The van der Waals surface area contributed by atoms with Crippen LogP contribution in [0.3, 0.4) is 0 Å². The molecular weight excluding hydrogens is 653 g/mol. The number of aliphatic hydroxyl groups is 1. The van der Waals surface area contributed by atoms with E-state index in [4.69, 9.17) is 23.6 Å². The molecule has 0 aliphatic carbocycles. The molecule has 0 saturated heterocycles. The van der Waals surface area contributed by atoms with E-state index >= 15 is 0 Å². The Balaban J connectivity index is 0.000000271. The number of esters is 1. The lowest BCUT2D eigenvalue weighted by Crippen LogP contribution is -2.35. The number of benzene rings is 1. The van der Waals surface area contributed by atoms with Gasteiger partial charge in [0.1, 0.15) is 24.0 Å². The van der Waals surface area contributed by atoms with Gasteiger partial charge in [-0.05, 0) is 45.1 Å². The number of methoxy groups -OCH3 is 1. The number of carbonyl (C=O) groups excluding carboxylic acids is 1. The highest BCUT2D eigenvalue weighted by atomic mass is 31.2. The van der Waals surface area contributed by atoms with Gasteiger partial charge in [0.15, 0.2) is 12.5 Å². The number of carbonyl (C=O) groups is 1. The number of aromatic nitrogens is 4. The van der Waals surface area contributed by atoms with Crippen LogP contribution in [0.4, 0.5) is 0 Å². The number of nitrogens with one attached hydrogen (secondary N) is 3. The van der Waals surface area contributed by atoms with Crippen molar-refractivity contribution in [2.24, 2.45) is 0 Å². The van der Waals surface area contributed by atoms with Crippen LogP contribution in [0.5, 0.6) is 5.75 Å². The monoisotopic (exact) mass is 689 g/mol. The zero-order valence-corrected chi connectivity index (χ0v) is 27.3. The third-order valence-electron chi connectivity index (χ3n) is 6.91. The zero-order chi connectivity index (χ0) is 35.0. The average molecular weight is 690 g/mol. The highest BCUT2D eigenvalue weighted by molar-refractivity contribution is 7.52. The summed E-state index contributed by atoms with van der Waals surface area (Å²) in [4.78, 5) is 62.5. The van der Waals surface area contributed by atoms with E-state index in [-0.39, 0.29) is 19.0 Å². The van der Waals surface area contributed by atoms with Crippen molar-refractivity contribution in [2.45, 2.75) is 51.5 Å². The number of ether oxygens (including phenoxy) is 3. The van der Waals surface area contributed by atoms with Gasteiger partial charge < -0.3 is 23.8 Å². The second kappa shape index (κ2) is 16.0. The van der Waals surface area contributed by atoms with Crippen molar-refractivity contribution in [2.75, 3.05) is 20.3 Å². The minimum absolute atomic E-state index is 0.135. The Morgan fingerprint density at radius 1 is 0.917 bits per heavy atom. The quantitative estimate of drug-likeness (QED) is 0.125. The molecule has 6 unspecified atom stereocenters. The summed E-state index contributed by atoms with van der Waals surface area (Å²) in [5.41, 5.74) is -1.24. The van der Waals surface area contributed by atoms with Crippen LogP contribution in [0, 0.1) is 13.8 Å². The van der Waals surface area contributed by atoms with E-state index in [0.717, 1.165) is 0 Å². The third kappa shape index (κ3) is 9.25. The molecule has 4 heterocycles. The second-order valence-electron chi connectivity index (χ2n) is 10.6. The molecule has 4 N–H and O–H groups in total. The second-order valence-corrected chi connectivity index (χ2v) is 12.3. The molecule has 1 aromatic carbocycles. The van der Waals surface area contributed by atoms with Crippen LogP contribution in [0.2, 0.25) is 0 Å². The molecule has 0 fully saturated rings. The molecule has 3 aromatic rings. The molecule has 18 heteroatoms. The number of rotatable bonds is 11. The molecule has 0 radical (unpaired) electrons. The van der Waals surface area contributed by atoms with E-state index in [2.05, 4.69) is 19.8 Å². The van der Waals surface area contributed by atoms with Gasteiger partial charge in [-0.25, -0.2) is 14.2 Å². The standard InChI is InChI=1S/C20H24N3O8P.C10H12N2O4/c1-13-11-23(20(26)21-18(13)24)17-10-9-16(30-17)12-29-32(27,22-14(2)19(25)28-3)31-15-7-5-4-6-8-15;1-6-4-12(10(15)11-9(6)14)8-3-2-7(5-13)16-8/h4-11,14,16-17H,12H2,1-3H3,(H,22,27)(H,21,24,26);2-4,7-8,13H,5H2,1H3,(H,11,14,15). The molecular formula is C30H36N5O12P. The molecule has 0 spiro atoms. The van der Waals surface area contributed by atoms with Gasteiger partial charge in [0.2, 0.25) is 0 Å². The van der Waals surface area contributed by atoms with Crippen molar-refractivity contribution in [1.82, 2.24) is 24.2 Å². The Hall–Kier alpha value is -4.64.